The summed E-state index contributed by atoms with van der Waals surface area (Å²) in [7, 11) is 0. The van der Waals surface area contributed by atoms with E-state index < -0.39 is 29.9 Å². The van der Waals surface area contributed by atoms with Crippen LogP contribution in [0.2, 0.25) is 0 Å². The highest BCUT2D eigenvalue weighted by atomic mass is 19.4. The molecule has 0 saturated heterocycles. The highest BCUT2D eigenvalue weighted by Gasteiger charge is 2.43. The zero-order valence-electron chi connectivity index (χ0n) is 14.7. The van der Waals surface area contributed by atoms with Crippen LogP contribution in [0.25, 0.3) is 0 Å². The molecule has 2 aromatic rings. The third-order valence-corrected chi connectivity index (χ3v) is 3.32. The van der Waals surface area contributed by atoms with Crippen LogP contribution in [0.15, 0.2) is 48.5 Å². The Labute approximate surface area is 156 Å². The second kappa shape index (κ2) is 8.09. The second-order valence-electron chi connectivity index (χ2n) is 6.04. The van der Waals surface area contributed by atoms with Crippen LogP contribution in [0.3, 0.4) is 0 Å². The van der Waals surface area contributed by atoms with Crippen molar-refractivity contribution < 1.29 is 35.9 Å². The monoisotopic (exact) mass is 406 g/mol. The molecule has 152 valence electrons. The Balaban J connectivity index is 2.23. The molecule has 4 nitrogen and oxygen atoms in total. The predicted octanol–water partition coefficient (Wildman–Crippen LogP) is 5.31. The summed E-state index contributed by atoms with van der Waals surface area (Å²) in [6.45, 7) is 3.11. The second-order valence-corrected chi connectivity index (χ2v) is 6.04. The van der Waals surface area contributed by atoms with Crippen molar-refractivity contribution >= 4 is 11.6 Å². The van der Waals surface area contributed by atoms with E-state index in [9.17, 15) is 31.1 Å². The minimum Gasteiger partial charge on any atom is -0.457 e. The summed E-state index contributed by atoms with van der Waals surface area (Å²) in [6, 6.07) is 8.55. The van der Waals surface area contributed by atoms with Gasteiger partial charge in [-0.05, 0) is 56.3 Å². The number of ether oxygens (including phenoxy) is 1. The lowest BCUT2D eigenvalue weighted by molar-refractivity contribution is -0.171. The molecule has 0 fully saturated rings. The molecule has 0 aromatic heterocycles. The number of hydrogen-bond acceptors (Lipinski definition) is 3. The maximum absolute atomic E-state index is 12.8. The molecule has 1 N–H and O–H groups in total. The lowest BCUT2D eigenvalue weighted by Gasteiger charge is -2.26. The van der Waals surface area contributed by atoms with Gasteiger partial charge in [-0.15, -0.1) is 0 Å². The third-order valence-electron chi connectivity index (χ3n) is 3.32. The standard InChI is InChI=1S/C18H16F6N2O2/c1-11(2)25-26(16(27)18(22,23)24)13-6-8-14(9-7-13)28-15-5-3-4-12(10-15)17(19,20)21/h3-11,25H,1-2H3. The number of amides is 1. The SMILES string of the molecule is CC(C)NN(C(=O)C(F)(F)F)c1ccc(Oc2cccc(C(F)(F)F)c2)cc1. The first-order chi connectivity index (χ1) is 12.9. The Morgan fingerprint density at radius 1 is 0.964 bits per heavy atom. The zero-order valence-corrected chi connectivity index (χ0v) is 14.7. The average molecular weight is 406 g/mol. The summed E-state index contributed by atoms with van der Waals surface area (Å²) in [4.78, 5) is 11.6. The van der Waals surface area contributed by atoms with Gasteiger partial charge in [-0.1, -0.05) is 6.07 Å². The largest absolute Gasteiger partial charge is 0.473 e. The van der Waals surface area contributed by atoms with Crippen LogP contribution in [0.1, 0.15) is 19.4 Å². The van der Waals surface area contributed by atoms with E-state index in [-0.39, 0.29) is 17.2 Å². The number of anilines is 1. The fourth-order valence-electron chi connectivity index (χ4n) is 2.17. The molecule has 0 atom stereocenters. The molecule has 0 saturated carbocycles. The van der Waals surface area contributed by atoms with E-state index >= 15 is 0 Å². The Morgan fingerprint density at radius 3 is 2.07 bits per heavy atom. The predicted molar refractivity (Wildman–Crippen MR) is 89.8 cm³/mol. The third kappa shape index (κ3) is 5.62. The smallest absolute Gasteiger partial charge is 0.457 e. The van der Waals surface area contributed by atoms with Crippen molar-refractivity contribution in [2.24, 2.45) is 0 Å². The number of carbonyl (C=O) groups is 1. The summed E-state index contributed by atoms with van der Waals surface area (Å²) in [5, 5.41) is 0.360. The first kappa shape index (κ1) is 21.5. The summed E-state index contributed by atoms with van der Waals surface area (Å²) in [5.41, 5.74) is 1.39. The molecule has 0 aliphatic heterocycles. The molecular formula is C18H16F6N2O2. The molecule has 1 amide bonds. The van der Waals surface area contributed by atoms with Crippen LogP contribution in [0, 0.1) is 0 Å². The average Bonchev–Trinajstić information content (AvgIpc) is 2.58. The number of alkyl halides is 6. The van der Waals surface area contributed by atoms with Gasteiger partial charge in [-0.2, -0.15) is 26.3 Å². The van der Waals surface area contributed by atoms with E-state index in [1.807, 2.05) is 0 Å². The van der Waals surface area contributed by atoms with Crippen molar-refractivity contribution in [3.63, 3.8) is 0 Å². The number of benzene rings is 2. The number of carbonyl (C=O) groups excluding carboxylic acids is 1. The van der Waals surface area contributed by atoms with E-state index in [2.05, 4.69) is 5.43 Å². The molecule has 0 radical (unpaired) electrons. The minimum absolute atomic E-state index is 0.0898. The van der Waals surface area contributed by atoms with Crippen LogP contribution < -0.4 is 15.2 Å². The van der Waals surface area contributed by atoms with Crippen molar-refractivity contribution in [1.82, 2.24) is 5.43 Å². The van der Waals surface area contributed by atoms with Gasteiger partial charge in [0, 0.05) is 6.04 Å². The Bertz CT molecular complexity index is 816. The highest BCUT2D eigenvalue weighted by molar-refractivity contribution is 5.96. The lowest BCUT2D eigenvalue weighted by atomic mass is 10.2. The molecule has 0 aliphatic carbocycles. The normalized spacial score (nSPS) is 12.2. The zero-order chi connectivity index (χ0) is 21.1. The van der Waals surface area contributed by atoms with Gasteiger partial charge in [0.15, 0.2) is 0 Å². The maximum atomic E-state index is 12.8. The number of nitrogens with zero attached hydrogens (tertiary/aromatic N) is 1. The van der Waals surface area contributed by atoms with Crippen LogP contribution in [-0.4, -0.2) is 18.1 Å². The molecule has 2 rings (SSSR count). The van der Waals surface area contributed by atoms with Crippen LogP contribution >= 0.6 is 0 Å². The first-order valence-corrected chi connectivity index (χ1v) is 8.00. The van der Waals surface area contributed by atoms with Gasteiger partial charge in [-0.3, -0.25) is 4.79 Å². The fourth-order valence-corrected chi connectivity index (χ4v) is 2.17. The van der Waals surface area contributed by atoms with Gasteiger partial charge in [-0.25, -0.2) is 10.4 Å². The van der Waals surface area contributed by atoms with Crippen molar-refractivity contribution in [3.8, 4) is 11.5 Å². The molecule has 0 heterocycles. The van der Waals surface area contributed by atoms with E-state index in [1.165, 1.54) is 36.4 Å². The quantitative estimate of drug-likeness (QED) is 0.541. The topological polar surface area (TPSA) is 41.6 Å². The van der Waals surface area contributed by atoms with Gasteiger partial charge in [0.2, 0.25) is 0 Å². The Morgan fingerprint density at radius 2 is 1.57 bits per heavy atom. The van der Waals surface area contributed by atoms with Crippen molar-refractivity contribution in [1.29, 1.82) is 0 Å². The molecule has 0 unspecified atom stereocenters. The number of hydrogen-bond donors (Lipinski definition) is 1. The molecule has 0 spiro atoms. The maximum Gasteiger partial charge on any atom is 0.473 e. The van der Waals surface area contributed by atoms with Crippen LogP contribution in [0.5, 0.6) is 11.5 Å². The molecule has 10 heteroatoms. The van der Waals surface area contributed by atoms with Gasteiger partial charge in [0.05, 0.1) is 11.3 Å². The summed E-state index contributed by atoms with van der Waals surface area (Å²) < 4.78 is 81.9. The van der Waals surface area contributed by atoms with Crippen molar-refractivity contribution in [2.45, 2.75) is 32.2 Å². The number of hydrazine groups is 1. The molecule has 28 heavy (non-hydrogen) atoms. The van der Waals surface area contributed by atoms with Crippen LogP contribution in [-0.2, 0) is 11.0 Å². The van der Waals surface area contributed by atoms with Gasteiger partial charge >= 0.3 is 18.3 Å². The number of halogens is 6. The first-order valence-electron chi connectivity index (χ1n) is 8.00. The van der Waals surface area contributed by atoms with Gasteiger partial charge < -0.3 is 4.74 Å². The Hall–Kier alpha value is -2.75. The van der Waals surface area contributed by atoms with E-state index in [1.54, 1.807) is 13.8 Å². The summed E-state index contributed by atoms with van der Waals surface area (Å²) in [6.07, 6.45) is -9.63. The van der Waals surface area contributed by atoms with Gasteiger partial charge in [0.1, 0.15) is 11.5 Å². The molecule has 0 bridgehead atoms. The molecule has 2 aromatic carbocycles. The fraction of sp³-hybridized carbons (Fsp3) is 0.278. The van der Waals surface area contributed by atoms with E-state index in [4.69, 9.17) is 4.74 Å². The summed E-state index contributed by atoms with van der Waals surface area (Å²) in [5.74, 6) is -2.11. The van der Waals surface area contributed by atoms with Crippen molar-refractivity contribution in [3.05, 3.63) is 54.1 Å². The number of rotatable bonds is 5. The molecule has 0 aliphatic rings. The van der Waals surface area contributed by atoms with E-state index in [0.29, 0.717) is 5.01 Å². The van der Waals surface area contributed by atoms with E-state index in [0.717, 1.165) is 12.1 Å². The summed E-state index contributed by atoms with van der Waals surface area (Å²) >= 11 is 0. The minimum atomic E-state index is -5.09. The number of nitrogens with one attached hydrogen (secondary N) is 1. The Kier molecular flexibility index (Phi) is 6.23. The molecular weight excluding hydrogens is 390 g/mol. The van der Waals surface area contributed by atoms with Crippen LogP contribution in [0.4, 0.5) is 32.0 Å². The van der Waals surface area contributed by atoms with Crippen molar-refractivity contribution in [2.75, 3.05) is 5.01 Å². The highest BCUT2D eigenvalue weighted by Crippen LogP contribution is 2.33. The van der Waals surface area contributed by atoms with Gasteiger partial charge in [0.25, 0.3) is 0 Å². The lowest BCUT2D eigenvalue weighted by Crippen LogP contribution is -2.52.